The summed E-state index contributed by atoms with van der Waals surface area (Å²) in [5, 5.41) is 0. The molecule has 0 atom stereocenters. The first-order valence-corrected chi connectivity index (χ1v) is 11.5. The van der Waals surface area contributed by atoms with E-state index in [0.717, 1.165) is 17.2 Å². The van der Waals surface area contributed by atoms with E-state index >= 15 is 0 Å². The van der Waals surface area contributed by atoms with Gasteiger partial charge in [-0.3, -0.25) is 0 Å². The van der Waals surface area contributed by atoms with Crippen LogP contribution in [0.2, 0.25) is 0 Å². The molecule has 4 nitrogen and oxygen atoms in total. The highest BCUT2D eigenvalue weighted by Crippen LogP contribution is 2.29. The lowest BCUT2D eigenvalue weighted by Crippen LogP contribution is -2.17. The van der Waals surface area contributed by atoms with Crippen LogP contribution in [0.4, 0.5) is 22.0 Å². The number of rotatable bonds is 5. The molecule has 190 valence electrons. The highest BCUT2D eigenvalue weighted by molar-refractivity contribution is 5.67. The van der Waals surface area contributed by atoms with Crippen molar-refractivity contribution in [1.29, 1.82) is 0 Å². The second kappa shape index (κ2) is 10.8. The highest BCUT2D eigenvalue weighted by atomic mass is 19.4. The monoisotopic (exact) mass is 511 g/mol. The Labute approximate surface area is 210 Å². The van der Waals surface area contributed by atoms with Crippen LogP contribution < -0.4 is 4.74 Å². The molecule has 2 heterocycles. The van der Waals surface area contributed by atoms with Gasteiger partial charge in [0.2, 0.25) is 0 Å². The van der Waals surface area contributed by atoms with Gasteiger partial charge < -0.3 is 9.30 Å². The van der Waals surface area contributed by atoms with E-state index in [0.29, 0.717) is 23.5 Å². The van der Waals surface area contributed by atoms with Crippen LogP contribution in [0.1, 0.15) is 19.4 Å². The Bertz CT molecular complexity index is 1460. The first-order chi connectivity index (χ1) is 17.7. The van der Waals surface area contributed by atoms with Crippen molar-refractivity contribution in [1.82, 2.24) is 14.5 Å². The summed E-state index contributed by atoms with van der Waals surface area (Å²) in [5.41, 5.74) is 3.35. The predicted molar refractivity (Wildman–Crippen MR) is 131 cm³/mol. The summed E-state index contributed by atoms with van der Waals surface area (Å²) in [6, 6.07) is 18.7. The van der Waals surface area contributed by atoms with Gasteiger partial charge in [-0.05, 0) is 47.0 Å². The number of halogens is 5. The fourth-order valence-electron chi connectivity index (χ4n) is 3.73. The van der Waals surface area contributed by atoms with E-state index < -0.39 is 18.0 Å². The molecule has 2 aliphatic heterocycles. The quantitative estimate of drug-likeness (QED) is 0.225. The number of imidazole rings is 1. The lowest BCUT2D eigenvalue weighted by atomic mass is 10.0. The molecule has 0 saturated carbocycles. The summed E-state index contributed by atoms with van der Waals surface area (Å²) in [5.74, 6) is -2.13. The topological polar surface area (TPSA) is 39.9 Å². The largest absolute Gasteiger partial charge is 0.573 e. The number of aromatic nitrogens is 3. The van der Waals surface area contributed by atoms with Crippen molar-refractivity contribution >= 4 is 0 Å². The number of pyridine rings is 1. The van der Waals surface area contributed by atoms with Crippen LogP contribution in [-0.4, -0.2) is 20.9 Å². The number of hydrogen-bond donors (Lipinski definition) is 0. The number of hydrogen-bond acceptors (Lipinski definition) is 3. The summed E-state index contributed by atoms with van der Waals surface area (Å²) in [4.78, 5) is 8.64. The third kappa shape index (κ3) is 6.11. The fraction of sp³-hybridized carbons (Fsp3) is 0.143. The molecule has 0 unspecified atom stereocenters. The van der Waals surface area contributed by atoms with E-state index in [4.69, 9.17) is 0 Å². The van der Waals surface area contributed by atoms with Crippen molar-refractivity contribution in [2.45, 2.75) is 26.8 Å². The molecule has 3 aromatic carbocycles. The van der Waals surface area contributed by atoms with Crippen LogP contribution >= 0.6 is 0 Å². The van der Waals surface area contributed by atoms with E-state index in [1.54, 1.807) is 24.5 Å². The SMILES string of the molecule is CC.Fc1cccc(-c2nc3ccn(Cc4ccc(-c5cccc(OC(F)(F)F)c5)cc4)cc-3n2)c1F. The first-order valence-electron chi connectivity index (χ1n) is 11.5. The summed E-state index contributed by atoms with van der Waals surface area (Å²) >= 11 is 0. The maximum atomic E-state index is 14.1. The Morgan fingerprint density at radius 3 is 2.24 bits per heavy atom. The zero-order valence-electron chi connectivity index (χ0n) is 19.9. The summed E-state index contributed by atoms with van der Waals surface area (Å²) in [7, 11) is 0. The van der Waals surface area contributed by atoms with Crippen molar-refractivity contribution in [2.75, 3.05) is 0 Å². The van der Waals surface area contributed by atoms with Crippen LogP contribution in [0.5, 0.6) is 5.75 Å². The summed E-state index contributed by atoms with van der Waals surface area (Å²) in [6.45, 7) is 4.49. The molecule has 5 rings (SSSR count). The third-order valence-corrected chi connectivity index (χ3v) is 5.34. The summed E-state index contributed by atoms with van der Waals surface area (Å²) < 4.78 is 71.0. The molecule has 0 spiro atoms. The van der Waals surface area contributed by atoms with Crippen molar-refractivity contribution in [2.24, 2.45) is 0 Å². The molecule has 0 saturated heterocycles. The van der Waals surface area contributed by atoms with Gasteiger partial charge in [0.15, 0.2) is 17.5 Å². The second-order valence-corrected chi connectivity index (χ2v) is 7.81. The smallest absolute Gasteiger partial charge is 0.406 e. The van der Waals surface area contributed by atoms with Crippen molar-refractivity contribution in [3.05, 3.63) is 102 Å². The number of benzene rings is 3. The number of alkyl halides is 3. The van der Waals surface area contributed by atoms with Crippen LogP contribution in [-0.2, 0) is 6.54 Å². The van der Waals surface area contributed by atoms with Crippen LogP contribution in [0.25, 0.3) is 33.9 Å². The normalized spacial score (nSPS) is 11.2. The van der Waals surface area contributed by atoms with Crippen molar-refractivity contribution in [3.63, 3.8) is 0 Å². The zero-order valence-corrected chi connectivity index (χ0v) is 19.9. The molecule has 0 bridgehead atoms. The van der Waals surface area contributed by atoms with Gasteiger partial charge in [-0.2, -0.15) is 0 Å². The van der Waals surface area contributed by atoms with E-state index in [1.807, 2.05) is 42.7 Å². The van der Waals surface area contributed by atoms with Crippen LogP contribution in [0.15, 0.2) is 85.2 Å². The minimum Gasteiger partial charge on any atom is -0.406 e. The summed E-state index contributed by atoms with van der Waals surface area (Å²) in [6.07, 6.45) is -1.19. The van der Waals surface area contributed by atoms with Gasteiger partial charge in [0.1, 0.15) is 11.4 Å². The minimum absolute atomic E-state index is 0.00644. The maximum absolute atomic E-state index is 14.1. The van der Waals surface area contributed by atoms with Gasteiger partial charge >= 0.3 is 6.36 Å². The van der Waals surface area contributed by atoms with Gasteiger partial charge in [0.05, 0.1) is 11.3 Å². The van der Waals surface area contributed by atoms with E-state index in [9.17, 15) is 22.0 Å². The lowest BCUT2D eigenvalue weighted by Gasteiger charge is -2.11. The number of fused-ring (bicyclic) bond motifs is 1. The minimum atomic E-state index is -4.75. The number of nitrogens with zero attached hydrogens (tertiary/aromatic N) is 3. The Morgan fingerprint density at radius 2 is 1.51 bits per heavy atom. The Kier molecular flexibility index (Phi) is 7.52. The van der Waals surface area contributed by atoms with Crippen LogP contribution in [0, 0.1) is 11.6 Å². The first kappa shape index (κ1) is 25.8. The van der Waals surface area contributed by atoms with Gasteiger partial charge in [-0.1, -0.05) is 56.3 Å². The fourth-order valence-corrected chi connectivity index (χ4v) is 3.73. The molecule has 0 amide bonds. The van der Waals surface area contributed by atoms with Crippen LogP contribution in [0.3, 0.4) is 0 Å². The molecule has 0 N–H and O–H groups in total. The molecule has 9 heteroatoms. The van der Waals surface area contributed by atoms with Gasteiger partial charge in [0, 0.05) is 18.9 Å². The van der Waals surface area contributed by atoms with Gasteiger partial charge in [0.25, 0.3) is 0 Å². The average Bonchev–Trinajstić information content (AvgIpc) is 3.30. The van der Waals surface area contributed by atoms with Crippen molar-refractivity contribution in [3.8, 4) is 39.7 Å². The van der Waals surface area contributed by atoms with E-state index in [1.165, 1.54) is 30.3 Å². The van der Waals surface area contributed by atoms with E-state index in [2.05, 4.69) is 14.7 Å². The predicted octanol–water partition coefficient (Wildman–Crippen LogP) is 7.97. The Balaban J connectivity index is 0.00000156. The standard InChI is InChI=1S/C26H16F5N3O.C2H6/c27-21-6-2-5-20(24(21)28)25-32-22-11-12-34(15-23(22)33-25)14-16-7-9-17(10-8-16)18-3-1-4-19(13-18)35-26(29,30)31;1-2/h1-13,15H,14H2;1-2H3. The molecule has 0 aromatic heterocycles. The van der Waals surface area contributed by atoms with E-state index in [-0.39, 0.29) is 17.1 Å². The molecule has 0 fully saturated rings. The Hall–Kier alpha value is -4.27. The number of ether oxygens (including phenoxy) is 1. The Morgan fingerprint density at radius 1 is 0.811 bits per heavy atom. The molecule has 0 radical (unpaired) electrons. The average molecular weight is 511 g/mol. The van der Waals surface area contributed by atoms with Crippen molar-refractivity contribution < 1.29 is 26.7 Å². The molecule has 0 aliphatic carbocycles. The molecule has 37 heavy (non-hydrogen) atoms. The van der Waals surface area contributed by atoms with Gasteiger partial charge in [-0.15, -0.1) is 13.2 Å². The maximum Gasteiger partial charge on any atom is 0.573 e. The second-order valence-electron chi connectivity index (χ2n) is 7.81. The molecule has 2 aliphatic rings. The highest BCUT2D eigenvalue weighted by Gasteiger charge is 2.31. The molecule has 3 aromatic rings. The molecular weight excluding hydrogens is 489 g/mol. The zero-order chi connectivity index (χ0) is 26.6. The lowest BCUT2D eigenvalue weighted by molar-refractivity contribution is -0.274. The molecular formula is C28H22F5N3O. The third-order valence-electron chi connectivity index (χ3n) is 5.34. The van der Waals surface area contributed by atoms with Gasteiger partial charge in [-0.25, -0.2) is 18.7 Å².